The van der Waals surface area contributed by atoms with Crippen molar-refractivity contribution in [1.82, 2.24) is 0 Å². The van der Waals surface area contributed by atoms with Gasteiger partial charge in [0.05, 0.1) is 19.8 Å². The van der Waals surface area contributed by atoms with Crippen LogP contribution in [0.2, 0.25) is 0 Å². The van der Waals surface area contributed by atoms with Crippen LogP contribution >= 0.6 is 0 Å². The summed E-state index contributed by atoms with van der Waals surface area (Å²) in [6.45, 7) is 2.82. The molecule has 1 aliphatic heterocycles. The number of allylic oxidation sites excluding steroid dienone is 1. The molecule has 1 heterocycles. The van der Waals surface area contributed by atoms with Gasteiger partial charge in [-0.25, -0.2) is 0 Å². The molecule has 0 aromatic rings. The van der Waals surface area contributed by atoms with E-state index in [0.29, 0.717) is 6.61 Å². The van der Waals surface area contributed by atoms with Crippen molar-refractivity contribution < 1.29 is 24.8 Å². The lowest BCUT2D eigenvalue weighted by Crippen LogP contribution is -2.40. The highest BCUT2D eigenvalue weighted by Crippen LogP contribution is 2.17. The van der Waals surface area contributed by atoms with E-state index in [4.69, 9.17) is 9.47 Å². The van der Waals surface area contributed by atoms with Crippen LogP contribution in [0.15, 0.2) is 12.2 Å². The Morgan fingerprint density at radius 1 is 1.14 bits per heavy atom. The Kier molecular flexibility index (Phi) is 10.7. The Morgan fingerprint density at radius 2 is 1.86 bits per heavy atom. The molecular formula is C17H32O5. The lowest BCUT2D eigenvalue weighted by molar-refractivity contribution is -0.0782. The van der Waals surface area contributed by atoms with Crippen molar-refractivity contribution in [3.05, 3.63) is 12.2 Å². The van der Waals surface area contributed by atoms with Crippen molar-refractivity contribution in [2.75, 3.05) is 19.8 Å². The highest BCUT2D eigenvalue weighted by molar-refractivity contribution is 4.88. The van der Waals surface area contributed by atoms with E-state index < -0.39 is 24.4 Å². The molecule has 0 amide bonds. The normalized spacial score (nSPS) is 26.8. The molecule has 130 valence electrons. The van der Waals surface area contributed by atoms with E-state index in [9.17, 15) is 15.3 Å². The summed E-state index contributed by atoms with van der Waals surface area (Å²) in [5, 5.41) is 28.8. The minimum absolute atomic E-state index is 0.0566. The number of ether oxygens (including phenoxy) is 2. The van der Waals surface area contributed by atoms with Gasteiger partial charge in [-0.05, 0) is 12.8 Å². The quantitative estimate of drug-likeness (QED) is 0.378. The fraction of sp³-hybridized carbons (Fsp3) is 0.882. The first-order valence-electron chi connectivity index (χ1n) is 8.55. The molecule has 0 aromatic carbocycles. The molecule has 1 aliphatic rings. The van der Waals surface area contributed by atoms with E-state index >= 15 is 0 Å². The Balaban J connectivity index is 1.95. The van der Waals surface area contributed by atoms with Gasteiger partial charge in [-0.15, -0.1) is 0 Å². The number of aliphatic hydroxyl groups excluding tert-OH is 3. The van der Waals surface area contributed by atoms with Crippen LogP contribution in [0.3, 0.4) is 0 Å². The van der Waals surface area contributed by atoms with Crippen LogP contribution in [0.1, 0.15) is 51.9 Å². The number of hydrogen-bond acceptors (Lipinski definition) is 5. The third-order valence-corrected chi connectivity index (χ3v) is 3.96. The third-order valence-electron chi connectivity index (χ3n) is 3.96. The molecule has 0 radical (unpaired) electrons. The van der Waals surface area contributed by atoms with Gasteiger partial charge in [-0.1, -0.05) is 51.2 Å². The topological polar surface area (TPSA) is 79.2 Å². The van der Waals surface area contributed by atoms with E-state index in [1.165, 1.54) is 38.5 Å². The average molecular weight is 316 g/mol. The monoisotopic (exact) mass is 316 g/mol. The molecule has 1 saturated heterocycles. The first-order valence-corrected chi connectivity index (χ1v) is 8.55. The molecule has 0 unspecified atom stereocenters. The maximum absolute atomic E-state index is 9.84. The molecule has 1 rings (SSSR count). The molecular weight excluding hydrogens is 284 g/mol. The highest BCUT2D eigenvalue weighted by atomic mass is 16.5. The number of aliphatic hydroxyl groups is 3. The minimum Gasteiger partial charge on any atom is -0.388 e. The van der Waals surface area contributed by atoms with Gasteiger partial charge in [-0.2, -0.15) is 0 Å². The summed E-state index contributed by atoms with van der Waals surface area (Å²) in [6, 6.07) is 0. The van der Waals surface area contributed by atoms with Crippen molar-refractivity contribution in [2.24, 2.45) is 0 Å². The summed E-state index contributed by atoms with van der Waals surface area (Å²) in [5.41, 5.74) is 0. The second-order valence-electron chi connectivity index (χ2n) is 5.99. The number of unbranched alkanes of at least 4 members (excludes halogenated alkanes) is 6. The first-order chi connectivity index (χ1) is 10.7. The van der Waals surface area contributed by atoms with Gasteiger partial charge in [0.2, 0.25) is 0 Å². The SMILES string of the molecule is CCCCCCCC/C=C/COC[C@@H](O)[C@@H]1OC[C@H](O)[C@@H]1O. The molecule has 5 nitrogen and oxygen atoms in total. The van der Waals surface area contributed by atoms with Crippen LogP contribution < -0.4 is 0 Å². The van der Waals surface area contributed by atoms with Gasteiger partial charge < -0.3 is 24.8 Å². The molecule has 1 fully saturated rings. The molecule has 0 aromatic heterocycles. The largest absolute Gasteiger partial charge is 0.388 e. The average Bonchev–Trinajstić information content (AvgIpc) is 2.84. The molecule has 5 heteroatoms. The molecule has 0 spiro atoms. The first kappa shape index (κ1) is 19.6. The predicted octanol–water partition coefficient (Wildman–Crippen LogP) is 1.79. The summed E-state index contributed by atoms with van der Waals surface area (Å²) in [4.78, 5) is 0. The van der Waals surface area contributed by atoms with Crippen LogP contribution in [0, 0.1) is 0 Å². The van der Waals surface area contributed by atoms with Crippen LogP contribution in [0.25, 0.3) is 0 Å². The number of rotatable bonds is 12. The van der Waals surface area contributed by atoms with Crippen LogP contribution in [-0.4, -0.2) is 59.6 Å². The highest BCUT2D eigenvalue weighted by Gasteiger charge is 2.39. The van der Waals surface area contributed by atoms with Crippen molar-refractivity contribution in [3.63, 3.8) is 0 Å². The second-order valence-corrected chi connectivity index (χ2v) is 5.99. The summed E-state index contributed by atoms with van der Waals surface area (Å²) >= 11 is 0. The smallest absolute Gasteiger partial charge is 0.114 e. The zero-order chi connectivity index (χ0) is 16.2. The zero-order valence-electron chi connectivity index (χ0n) is 13.7. The van der Waals surface area contributed by atoms with Gasteiger partial charge in [0.25, 0.3) is 0 Å². The fourth-order valence-electron chi connectivity index (χ4n) is 2.54. The predicted molar refractivity (Wildman–Crippen MR) is 85.7 cm³/mol. The van der Waals surface area contributed by atoms with Crippen LogP contribution in [0.4, 0.5) is 0 Å². The van der Waals surface area contributed by atoms with Crippen molar-refractivity contribution in [3.8, 4) is 0 Å². The summed E-state index contributed by atoms with van der Waals surface area (Å²) in [6.07, 6.45) is 9.26. The summed E-state index contributed by atoms with van der Waals surface area (Å²) in [7, 11) is 0. The van der Waals surface area contributed by atoms with Gasteiger partial charge in [0, 0.05) is 0 Å². The molecule has 0 aliphatic carbocycles. The molecule has 4 atom stereocenters. The van der Waals surface area contributed by atoms with Crippen molar-refractivity contribution in [1.29, 1.82) is 0 Å². The third kappa shape index (κ3) is 7.70. The Bertz CT molecular complexity index is 295. The van der Waals surface area contributed by atoms with E-state index in [-0.39, 0.29) is 13.2 Å². The maximum atomic E-state index is 9.84. The molecule has 0 bridgehead atoms. The van der Waals surface area contributed by atoms with Crippen molar-refractivity contribution in [2.45, 2.75) is 76.3 Å². The minimum atomic E-state index is -1.04. The molecule has 0 saturated carbocycles. The van der Waals surface area contributed by atoms with E-state index in [1.54, 1.807) is 0 Å². The Labute approximate surface area is 133 Å². The van der Waals surface area contributed by atoms with Crippen LogP contribution in [-0.2, 0) is 9.47 Å². The maximum Gasteiger partial charge on any atom is 0.114 e. The Hall–Kier alpha value is -0.460. The van der Waals surface area contributed by atoms with E-state index in [1.807, 2.05) is 6.08 Å². The molecule has 3 N–H and O–H groups in total. The number of hydrogen-bond donors (Lipinski definition) is 3. The van der Waals surface area contributed by atoms with E-state index in [0.717, 1.165) is 6.42 Å². The van der Waals surface area contributed by atoms with Gasteiger partial charge in [0.15, 0.2) is 0 Å². The Morgan fingerprint density at radius 3 is 2.55 bits per heavy atom. The lowest BCUT2D eigenvalue weighted by Gasteiger charge is -2.20. The van der Waals surface area contributed by atoms with Crippen LogP contribution in [0.5, 0.6) is 0 Å². The lowest BCUT2D eigenvalue weighted by atomic mass is 10.1. The van der Waals surface area contributed by atoms with Crippen molar-refractivity contribution >= 4 is 0 Å². The summed E-state index contributed by atoms with van der Waals surface area (Å²) in [5.74, 6) is 0. The second kappa shape index (κ2) is 12.0. The fourth-order valence-corrected chi connectivity index (χ4v) is 2.54. The van der Waals surface area contributed by atoms with Gasteiger partial charge >= 0.3 is 0 Å². The van der Waals surface area contributed by atoms with Gasteiger partial charge in [0.1, 0.15) is 24.4 Å². The molecule has 22 heavy (non-hydrogen) atoms. The zero-order valence-corrected chi connectivity index (χ0v) is 13.7. The summed E-state index contributed by atoms with van der Waals surface area (Å²) < 4.78 is 10.5. The standard InChI is InChI=1S/C17H32O5/c1-2-3-4-5-6-7-8-9-10-11-21-12-15(19)17-16(20)14(18)13-22-17/h9-10,14-20H,2-8,11-13H2,1H3/b10-9+/t14-,15+,16-,17-/m0/s1. The van der Waals surface area contributed by atoms with E-state index in [2.05, 4.69) is 13.0 Å². The van der Waals surface area contributed by atoms with Gasteiger partial charge in [-0.3, -0.25) is 0 Å².